The number of anilines is 2. The number of fused-ring (bicyclic) bond motifs is 1. The van der Waals surface area contributed by atoms with Crippen molar-refractivity contribution >= 4 is 23.3 Å². The number of Topliss-reactive ketones (excluding diaryl/α,β-unsaturated/α-hetero) is 1. The predicted octanol–water partition coefficient (Wildman–Crippen LogP) is 0.710. The van der Waals surface area contributed by atoms with E-state index in [0.29, 0.717) is 37.7 Å². The molecule has 15 heteroatoms. The molecule has 1 fully saturated rings. The molecule has 0 aromatic carbocycles. The third kappa shape index (κ3) is 5.72. The van der Waals surface area contributed by atoms with Crippen LogP contribution in [0, 0.1) is 0 Å². The molecule has 0 radical (unpaired) electrons. The minimum absolute atomic E-state index is 0.0192. The molecular formula is C21H24F3N7O5. The molecule has 2 aromatic rings. The lowest BCUT2D eigenvalue weighted by Gasteiger charge is -2.34. The number of hydrogen-bond acceptors (Lipinski definition) is 10. The van der Waals surface area contributed by atoms with E-state index in [1.54, 1.807) is 16.9 Å². The number of halogens is 3. The number of amides is 1. The Morgan fingerprint density at radius 2 is 2.00 bits per heavy atom. The van der Waals surface area contributed by atoms with Crippen molar-refractivity contribution in [1.29, 1.82) is 0 Å². The first-order valence-electron chi connectivity index (χ1n) is 11.2. The number of rotatable bonds is 8. The number of piperazine rings is 1. The minimum Gasteiger partial charge on any atom is -0.469 e. The molecule has 2 aromatic heterocycles. The van der Waals surface area contributed by atoms with E-state index in [9.17, 15) is 27.6 Å². The summed E-state index contributed by atoms with van der Waals surface area (Å²) in [6, 6.07) is -0.569. The number of nitrogens with one attached hydrogen (secondary N) is 2. The largest absolute Gasteiger partial charge is 0.469 e. The smallest absolute Gasteiger partial charge is 0.423 e. The van der Waals surface area contributed by atoms with Crippen LogP contribution in [0.3, 0.4) is 0 Å². The van der Waals surface area contributed by atoms with Crippen LogP contribution in [-0.2, 0) is 15.7 Å². The van der Waals surface area contributed by atoms with Gasteiger partial charge in [-0.05, 0) is 6.92 Å². The second kappa shape index (κ2) is 10.5. The molecule has 36 heavy (non-hydrogen) atoms. The number of alkyl halides is 3. The van der Waals surface area contributed by atoms with E-state index in [-0.39, 0.29) is 43.8 Å². The second-order valence-electron chi connectivity index (χ2n) is 8.32. The Bertz CT molecular complexity index is 1180. The standard InChI is InChI=1S/C21H24F3N7O5/c1-12(27-14-9-26-29-18(34)17(14)21(22,23)24)10-35-7-2-16(33)30-3-5-31(6-4-30)20-25-8-13-15(32)11-36-19(13)28-20/h8-9,12H,2-7,10-11H2,1H3,(H2,27,29,34)/t12-/m0/s1. The predicted molar refractivity (Wildman–Crippen MR) is 119 cm³/mol. The zero-order chi connectivity index (χ0) is 25.9. The summed E-state index contributed by atoms with van der Waals surface area (Å²) in [5.74, 6) is 0.439. The fourth-order valence-electron chi connectivity index (χ4n) is 3.85. The summed E-state index contributed by atoms with van der Waals surface area (Å²) in [4.78, 5) is 47.8. The fourth-order valence-corrected chi connectivity index (χ4v) is 3.85. The van der Waals surface area contributed by atoms with Gasteiger partial charge in [0.1, 0.15) is 11.1 Å². The van der Waals surface area contributed by atoms with Crippen molar-refractivity contribution < 1.29 is 32.2 Å². The third-order valence-corrected chi connectivity index (χ3v) is 5.67. The minimum atomic E-state index is -4.84. The third-order valence-electron chi connectivity index (χ3n) is 5.67. The summed E-state index contributed by atoms with van der Waals surface area (Å²) in [5, 5.41) is 7.76. The van der Waals surface area contributed by atoms with E-state index in [0.717, 1.165) is 6.20 Å². The van der Waals surface area contributed by atoms with Crippen molar-refractivity contribution in [2.45, 2.75) is 25.6 Å². The summed E-state index contributed by atoms with van der Waals surface area (Å²) in [6.45, 7) is 3.57. The zero-order valence-corrected chi connectivity index (χ0v) is 19.3. The van der Waals surface area contributed by atoms with Gasteiger partial charge in [-0.2, -0.15) is 23.3 Å². The number of ether oxygens (including phenoxy) is 2. The van der Waals surface area contributed by atoms with Crippen molar-refractivity contribution in [3.63, 3.8) is 0 Å². The van der Waals surface area contributed by atoms with Gasteiger partial charge in [-0.25, -0.2) is 10.1 Å². The van der Waals surface area contributed by atoms with Crippen LogP contribution in [0.4, 0.5) is 24.8 Å². The maximum atomic E-state index is 13.1. The van der Waals surface area contributed by atoms with Gasteiger partial charge in [-0.15, -0.1) is 0 Å². The summed E-state index contributed by atoms with van der Waals surface area (Å²) < 4.78 is 50.1. The van der Waals surface area contributed by atoms with E-state index in [1.807, 2.05) is 4.90 Å². The molecular weight excluding hydrogens is 487 g/mol. The van der Waals surface area contributed by atoms with Gasteiger partial charge >= 0.3 is 6.18 Å². The van der Waals surface area contributed by atoms with Crippen molar-refractivity contribution in [3.8, 4) is 5.88 Å². The topological polar surface area (TPSA) is 143 Å². The Hall–Kier alpha value is -3.75. The first-order chi connectivity index (χ1) is 17.1. The van der Waals surface area contributed by atoms with Gasteiger partial charge in [0.15, 0.2) is 6.61 Å². The molecule has 1 atom stereocenters. The first-order valence-corrected chi connectivity index (χ1v) is 11.2. The van der Waals surface area contributed by atoms with Crippen LogP contribution in [-0.4, -0.2) is 88.8 Å². The summed E-state index contributed by atoms with van der Waals surface area (Å²) in [5.41, 5.74) is -2.77. The molecule has 0 saturated carbocycles. The molecule has 0 bridgehead atoms. The van der Waals surface area contributed by atoms with Crippen LogP contribution in [0.1, 0.15) is 29.3 Å². The lowest BCUT2D eigenvalue weighted by molar-refractivity contribution is -0.138. The molecule has 1 saturated heterocycles. The fraction of sp³-hybridized carbons (Fsp3) is 0.524. The van der Waals surface area contributed by atoms with Gasteiger partial charge in [0, 0.05) is 38.4 Å². The molecule has 12 nitrogen and oxygen atoms in total. The Labute approximate surface area is 202 Å². The molecule has 4 heterocycles. The number of nitrogens with zero attached hydrogens (tertiary/aromatic N) is 5. The normalized spacial score (nSPS) is 16.5. The lowest BCUT2D eigenvalue weighted by Crippen LogP contribution is -2.49. The van der Waals surface area contributed by atoms with Gasteiger partial charge in [0.05, 0.1) is 31.5 Å². The van der Waals surface area contributed by atoms with Gasteiger partial charge in [-0.3, -0.25) is 14.4 Å². The Morgan fingerprint density at radius 3 is 2.72 bits per heavy atom. The summed E-state index contributed by atoms with van der Waals surface area (Å²) in [6.07, 6.45) is -2.38. The molecule has 0 spiro atoms. The average molecular weight is 511 g/mol. The van der Waals surface area contributed by atoms with E-state index >= 15 is 0 Å². The van der Waals surface area contributed by atoms with Crippen LogP contribution in [0.15, 0.2) is 17.2 Å². The molecule has 0 aliphatic carbocycles. The van der Waals surface area contributed by atoms with Crippen LogP contribution >= 0.6 is 0 Å². The summed E-state index contributed by atoms with van der Waals surface area (Å²) >= 11 is 0. The molecule has 1 amide bonds. The van der Waals surface area contributed by atoms with Crippen LogP contribution in [0.25, 0.3) is 0 Å². The van der Waals surface area contributed by atoms with Crippen molar-refractivity contribution in [1.82, 2.24) is 25.1 Å². The van der Waals surface area contributed by atoms with Crippen LogP contribution in [0.5, 0.6) is 5.88 Å². The number of carbonyl (C=O) groups excluding carboxylic acids is 2. The number of hydrogen-bond donors (Lipinski definition) is 2. The average Bonchev–Trinajstić information content (AvgIpc) is 3.21. The Balaban J connectivity index is 1.19. The maximum Gasteiger partial charge on any atom is 0.423 e. The first kappa shape index (κ1) is 25.3. The highest BCUT2D eigenvalue weighted by atomic mass is 19.4. The SMILES string of the molecule is C[C@@H](COCCC(=O)N1CCN(c2ncc3c(n2)OCC3=O)CC1)Nc1cn[nH]c(=O)c1C(F)(F)F. The number of H-pyrrole nitrogens is 1. The Kier molecular flexibility index (Phi) is 7.37. The van der Waals surface area contributed by atoms with Crippen molar-refractivity contribution in [2.75, 3.05) is 56.2 Å². The van der Waals surface area contributed by atoms with E-state index in [1.165, 1.54) is 6.20 Å². The van der Waals surface area contributed by atoms with Gasteiger partial charge < -0.3 is 24.6 Å². The zero-order valence-electron chi connectivity index (χ0n) is 19.3. The quantitative estimate of drug-likeness (QED) is 0.487. The van der Waals surface area contributed by atoms with Crippen molar-refractivity contribution in [3.05, 3.63) is 33.9 Å². The number of aromatic amines is 1. The molecule has 2 aliphatic heterocycles. The van der Waals surface area contributed by atoms with E-state index < -0.39 is 29.0 Å². The van der Waals surface area contributed by atoms with E-state index in [2.05, 4.69) is 20.4 Å². The monoisotopic (exact) mass is 511 g/mol. The molecule has 0 unspecified atom stereocenters. The second-order valence-corrected chi connectivity index (χ2v) is 8.32. The van der Waals surface area contributed by atoms with E-state index in [4.69, 9.17) is 9.47 Å². The molecule has 2 aliphatic rings. The molecule has 2 N–H and O–H groups in total. The number of ketones is 1. The lowest BCUT2D eigenvalue weighted by atomic mass is 10.2. The molecule has 4 rings (SSSR count). The van der Waals surface area contributed by atoms with Gasteiger partial charge in [-0.1, -0.05) is 0 Å². The summed E-state index contributed by atoms with van der Waals surface area (Å²) in [7, 11) is 0. The van der Waals surface area contributed by atoms with Crippen LogP contribution in [0.2, 0.25) is 0 Å². The highest BCUT2D eigenvalue weighted by Gasteiger charge is 2.37. The number of carbonyl (C=O) groups is 2. The highest BCUT2D eigenvalue weighted by Crippen LogP contribution is 2.31. The maximum absolute atomic E-state index is 13.1. The highest BCUT2D eigenvalue weighted by molar-refractivity contribution is 6.01. The van der Waals surface area contributed by atoms with Gasteiger partial charge in [0.25, 0.3) is 5.56 Å². The number of aromatic nitrogens is 4. The van der Waals surface area contributed by atoms with Crippen molar-refractivity contribution in [2.24, 2.45) is 0 Å². The van der Waals surface area contributed by atoms with Crippen LogP contribution < -0.4 is 20.5 Å². The molecule has 194 valence electrons. The Morgan fingerprint density at radius 1 is 1.25 bits per heavy atom. The van der Waals surface area contributed by atoms with Gasteiger partial charge in [0.2, 0.25) is 23.5 Å².